The number of aliphatic hydroxyl groups excluding tert-OH is 1. The zero-order valence-electron chi connectivity index (χ0n) is 13.2. The van der Waals surface area contributed by atoms with Gasteiger partial charge >= 0.3 is 0 Å². The summed E-state index contributed by atoms with van der Waals surface area (Å²) in [5.74, 6) is -0.0430. The number of ether oxygens (including phenoxy) is 1. The van der Waals surface area contributed by atoms with Crippen molar-refractivity contribution in [2.45, 2.75) is 19.9 Å². The Hall–Kier alpha value is -1.30. The van der Waals surface area contributed by atoms with Gasteiger partial charge < -0.3 is 20.1 Å². The van der Waals surface area contributed by atoms with Crippen LogP contribution in [0, 0.1) is 5.41 Å². The zero-order chi connectivity index (χ0) is 16.3. The Labute approximate surface area is 136 Å². The van der Waals surface area contributed by atoms with Crippen LogP contribution in [0.2, 0.25) is 5.02 Å². The van der Waals surface area contributed by atoms with Crippen LogP contribution in [0.15, 0.2) is 18.2 Å². The number of anilines is 1. The number of halogens is 1. The number of carbonyl (C=O) groups is 1. The predicted octanol–water partition coefficient (Wildman–Crippen LogP) is 2.24. The molecule has 22 heavy (non-hydrogen) atoms. The van der Waals surface area contributed by atoms with Gasteiger partial charge in [-0.2, -0.15) is 0 Å². The number of carbonyl (C=O) groups excluding carboxylic acids is 1. The van der Waals surface area contributed by atoms with E-state index >= 15 is 0 Å². The minimum absolute atomic E-state index is 0.0430. The van der Waals surface area contributed by atoms with E-state index in [0.29, 0.717) is 36.0 Å². The van der Waals surface area contributed by atoms with Crippen LogP contribution in [0.4, 0.5) is 5.69 Å². The first-order valence-electron chi connectivity index (χ1n) is 7.38. The lowest BCUT2D eigenvalue weighted by molar-refractivity contribution is -0.128. The van der Waals surface area contributed by atoms with Gasteiger partial charge in [0.05, 0.1) is 35.9 Å². The SMILES string of the molecule is CC(C)N(C)C(=O)c1ccc(Cl)c(NCC2(CO)COC2)c1. The highest BCUT2D eigenvalue weighted by molar-refractivity contribution is 6.33. The fraction of sp³-hybridized carbons (Fsp3) is 0.562. The van der Waals surface area contributed by atoms with Gasteiger partial charge in [0.1, 0.15) is 0 Å². The van der Waals surface area contributed by atoms with Gasteiger partial charge in [0.2, 0.25) is 0 Å². The predicted molar refractivity (Wildman–Crippen MR) is 87.5 cm³/mol. The molecule has 1 amide bonds. The van der Waals surface area contributed by atoms with E-state index in [1.54, 1.807) is 30.1 Å². The molecule has 0 radical (unpaired) electrons. The van der Waals surface area contributed by atoms with Crippen LogP contribution in [0.5, 0.6) is 0 Å². The van der Waals surface area contributed by atoms with Crippen molar-refractivity contribution in [3.8, 4) is 0 Å². The molecule has 0 bridgehead atoms. The van der Waals surface area contributed by atoms with Crippen molar-refractivity contribution in [3.05, 3.63) is 28.8 Å². The molecule has 2 rings (SSSR count). The zero-order valence-corrected chi connectivity index (χ0v) is 14.0. The normalized spacial score (nSPS) is 16.3. The summed E-state index contributed by atoms with van der Waals surface area (Å²) in [4.78, 5) is 14.1. The van der Waals surface area contributed by atoms with Gasteiger partial charge in [-0.3, -0.25) is 4.79 Å². The number of amides is 1. The van der Waals surface area contributed by atoms with E-state index in [4.69, 9.17) is 16.3 Å². The molecular formula is C16H23ClN2O3. The summed E-state index contributed by atoms with van der Waals surface area (Å²) in [7, 11) is 1.78. The Bertz CT molecular complexity index is 539. The van der Waals surface area contributed by atoms with Crippen molar-refractivity contribution in [2.24, 2.45) is 5.41 Å². The number of nitrogens with one attached hydrogen (secondary N) is 1. The summed E-state index contributed by atoms with van der Waals surface area (Å²) in [6, 6.07) is 5.33. The van der Waals surface area contributed by atoms with Crippen molar-refractivity contribution < 1.29 is 14.6 Å². The Kier molecular flexibility index (Phi) is 5.32. The molecule has 1 fully saturated rings. The molecule has 1 saturated heterocycles. The highest BCUT2D eigenvalue weighted by Gasteiger charge is 2.38. The monoisotopic (exact) mass is 326 g/mol. The van der Waals surface area contributed by atoms with Crippen LogP contribution in [0.25, 0.3) is 0 Å². The van der Waals surface area contributed by atoms with Gasteiger partial charge in [-0.25, -0.2) is 0 Å². The quantitative estimate of drug-likeness (QED) is 0.841. The van der Waals surface area contributed by atoms with Gasteiger partial charge in [-0.15, -0.1) is 0 Å². The van der Waals surface area contributed by atoms with Crippen molar-refractivity contribution in [2.75, 3.05) is 38.7 Å². The maximum atomic E-state index is 12.4. The Balaban J connectivity index is 2.11. The summed E-state index contributed by atoms with van der Waals surface area (Å²) in [6.45, 7) is 5.61. The van der Waals surface area contributed by atoms with Gasteiger partial charge in [-0.05, 0) is 32.0 Å². The van der Waals surface area contributed by atoms with Gasteiger partial charge in [0, 0.05) is 25.2 Å². The minimum Gasteiger partial charge on any atom is -0.396 e. The van der Waals surface area contributed by atoms with Crippen LogP contribution in [0.3, 0.4) is 0 Å². The van der Waals surface area contributed by atoms with E-state index in [2.05, 4.69) is 5.32 Å². The average molecular weight is 327 g/mol. The van der Waals surface area contributed by atoms with E-state index in [9.17, 15) is 9.90 Å². The molecular weight excluding hydrogens is 304 g/mol. The van der Waals surface area contributed by atoms with Crippen molar-refractivity contribution in [1.29, 1.82) is 0 Å². The van der Waals surface area contributed by atoms with E-state index < -0.39 is 0 Å². The summed E-state index contributed by atoms with van der Waals surface area (Å²) in [5.41, 5.74) is 1.04. The smallest absolute Gasteiger partial charge is 0.253 e. The minimum atomic E-state index is -0.252. The molecule has 122 valence electrons. The molecule has 1 aromatic carbocycles. The summed E-state index contributed by atoms with van der Waals surface area (Å²) in [5, 5.41) is 13.2. The Morgan fingerprint density at radius 3 is 2.68 bits per heavy atom. The van der Waals surface area contributed by atoms with Crippen LogP contribution >= 0.6 is 11.6 Å². The van der Waals surface area contributed by atoms with Crippen molar-refractivity contribution in [1.82, 2.24) is 4.90 Å². The molecule has 1 aliphatic heterocycles. The lowest BCUT2D eigenvalue weighted by atomic mass is 9.87. The number of hydrogen-bond donors (Lipinski definition) is 2. The first kappa shape index (κ1) is 17.1. The highest BCUT2D eigenvalue weighted by Crippen LogP contribution is 2.30. The maximum Gasteiger partial charge on any atom is 0.253 e. The standard InChI is InChI=1S/C16H23ClN2O3/c1-11(2)19(3)15(21)12-4-5-13(17)14(6-12)18-7-16(8-20)9-22-10-16/h4-6,11,18,20H,7-10H2,1-3H3. The third kappa shape index (κ3) is 3.54. The van der Waals surface area contributed by atoms with Crippen LogP contribution < -0.4 is 5.32 Å². The molecule has 6 heteroatoms. The van der Waals surface area contributed by atoms with Gasteiger partial charge in [0.25, 0.3) is 5.91 Å². The number of rotatable bonds is 6. The molecule has 1 heterocycles. The molecule has 0 unspecified atom stereocenters. The average Bonchev–Trinajstić information content (AvgIpc) is 2.46. The Morgan fingerprint density at radius 2 is 2.18 bits per heavy atom. The number of nitrogens with zero attached hydrogens (tertiary/aromatic N) is 1. The van der Waals surface area contributed by atoms with E-state index in [1.807, 2.05) is 13.8 Å². The molecule has 1 aliphatic rings. The molecule has 0 aliphatic carbocycles. The lowest BCUT2D eigenvalue weighted by Gasteiger charge is -2.40. The maximum absolute atomic E-state index is 12.4. The highest BCUT2D eigenvalue weighted by atomic mass is 35.5. The molecule has 5 nitrogen and oxygen atoms in total. The third-order valence-corrected chi connectivity index (χ3v) is 4.44. The Morgan fingerprint density at radius 1 is 1.50 bits per heavy atom. The number of hydrogen-bond acceptors (Lipinski definition) is 4. The topological polar surface area (TPSA) is 61.8 Å². The first-order chi connectivity index (χ1) is 10.4. The summed E-state index contributed by atoms with van der Waals surface area (Å²) in [6.07, 6.45) is 0. The molecule has 0 aromatic heterocycles. The summed E-state index contributed by atoms with van der Waals surface area (Å²) >= 11 is 6.20. The lowest BCUT2D eigenvalue weighted by Crippen LogP contribution is -2.50. The van der Waals surface area contributed by atoms with Crippen molar-refractivity contribution in [3.63, 3.8) is 0 Å². The second-order valence-corrected chi connectivity index (χ2v) is 6.62. The van der Waals surface area contributed by atoms with E-state index in [-0.39, 0.29) is 24.0 Å². The number of benzene rings is 1. The van der Waals surface area contributed by atoms with Crippen LogP contribution in [-0.2, 0) is 4.74 Å². The third-order valence-electron chi connectivity index (χ3n) is 4.11. The van der Waals surface area contributed by atoms with Crippen LogP contribution in [-0.4, -0.2) is 55.4 Å². The van der Waals surface area contributed by atoms with E-state index in [1.165, 1.54) is 0 Å². The van der Waals surface area contributed by atoms with Gasteiger partial charge in [-0.1, -0.05) is 11.6 Å². The first-order valence-corrected chi connectivity index (χ1v) is 7.75. The fourth-order valence-electron chi connectivity index (χ4n) is 2.15. The second-order valence-electron chi connectivity index (χ2n) is 6.21. The van der Waals surface area contributed by atoms with Gasteiger partial charge in [0.15, 0.2) is 0 Å². The van der Waals surface area contributed by atoms with Crippen molar-refractivity contribution >= 4 is 23.2 Å². The largest absolute Gasteiger partial charge is 0.396 e. The molecule has 0 saturated carbocycles. The molecule has 1 aromatic rings. The fourth-order valence-corrected chi connectivity index (χ4v) is 2.34. The molecule has 0 spiro atoms. The number of aliphatic hydroxyl groups is 1. The second kappa shape index (κ2) is 6.86. The molecule has 0 atom stereocenters. The molecule has 2 N–H and O–H groups in total. The van der Waals surface area contributed by atoms with Crippen LogP contribution in [0.1, 0.15) is 24.2 Å². The van der Waals surface area contributed by atoms with E-state index in [0.717, 1.165) is 0 Å². The summed E-state index contributed by atoms with van der Waals surface area (Å²) < 4.78 is 5.17.